The first-order valence-electron chi connectivity index (χ1n) is 8.97. The van der Waals surface area contributed by atoms with E-state index in [0.29, 0.717) is 0 Å². The number of ketones is 2. The molecule has 0 heterocycles. The van der Waals surface area contributed by atoms with Gasteiger partial charge in [-0.05, 0) is 23.0 Å². The van der Waals surface area contributed by atoms with Gasteiger partial charge in [-0.25, -0.2) is 0 Å². The van der Waals surface area contributed by atoms with Gasteiger partial charge in [0, 0.05) is 10.8 Å². The number of rotatable bonds is 2. The summed E-state index contributed by atoms with van der Waals surface area (Å²) in [5.74, 6) is -0.417. The van der Waals surface area contributed by atoms with Crippen molar-refractivity contribution in [2.75, 3.05) is 0 Å². The molecule has 0 N–H and O–H groups in total. The van der Waals surface area contributed by atoms with Crippen LogP contribution in [0.4, 0.5) is 0 Å². The molecule has 5 heteroatoms. The molecule has 0 saturated heterocycles. The van der Waals surface area contributed by atoms with Crippen molar-refractivity contribution in [3.05, 3.63) is 23.7 Å². The van der Waals surface area contributed by atoms with Crippen LogP contribution in [0.1, 0.15) is 83.1 Å². The molecule has 0 aliphatic carbocycles. The topological polar surface area (TPSA) is 80.3 Å². The van der Waals surface area contributed by atoms with Crippen molar-refractivity contribution in [2.45, 2.75) is 83.1 Å². The zero-order valence-electron chi connectivity index (χ0n) is 19.5. The van der Waals surface area contributed by atoms with Gasteiger partial charge in [-0.15, -0.1) is 11.5 Å². The Morgan fingerprint density at radius 3 is 0.815 bits per heavy atom. The molecule has 0 amide bonds. The summed E-state index contributed by atoms with van der Waals surface area (Å²) in [6, 6.07) is 0. The minimum atomic E-state index is -0.457. The van der Waals surface area contributed by atoms with Crippen molar-refractivity contribution in [1.82, 2.24) is 0 Å². The third-order valence-corrected chi connectivity index (χ3v) is 3.48. The molecule has 0 aromatic carbocycles. The predicted molar refractivity (Wildman–Crippen MR) is 110 cm³/mol. The van der Waals surface area contributed by atoms with Gasteiger partial charge in [-0.1, -0.05) is 83.1 Å². The molecule has 0 aliphatic heterocycles. The number of carbonyl (C=O) groups is 2. The van der Waals surface area contributed by atoms with Crippen LogP contribution in [0.3, 0.4) is 0 Å². The van der Waals surface area contributed by atoms with E-state index in [4.69, 9.17) is 0 Å². The van der Waals surface area contributed by atoms with Crippen molar-refractivity contribution in [3.63, 3.8) is 0 Å². The van der Waals surface area contributed by atoms with Crippen molar-refractivity contribution in [2.24, 2.45) is 21.7 Å². The largest absolute Gasteiger partial charge is 2.00 e. The van der Waals surface area contributed by atoms with Crippen LogP contribution in [0.2, 0.25) is 0 Å². The maximum Gasteiger partial charge on any atom is 2.00 e. The quantitative estimate of drug-likeness (QED) is 0.329. The smallest absolute Gasteiger partial charge is 0.875 e. The molecule has 0 unspecified atom stereocenters. The maximum atomic E-state index is 11.4. The first-order chi connectivity index (χ1) is 11.1. The normalized spacial score (nSPS) is 13.9. The SMILES string of the molecule is CC(C)(C)C(=O)/C=C(/[O-])C(C)(C)C.CC(C)(C)C(=O)/C=C(\[O-])C(C)(C)C.[Ba+2]. The second-order valence-corrected chi connectivity index (χ2v) is 10.7. The molecule has 0 bridgehead atoms. The monoisotopic (exact) mass is 504 g/mol. The zero-order chi connectivity index (χ0) is 21.7. The van der Waals surface area contributed by atoms with E-state index >= 15 is 0 Å². The fourth-order valence-electron chi connectivity index (χ4n) is 1.10. The molecule has 0 aromatic heterocycles. The first-order valence-corrected chi connectivity index (χ1v) is 8.97. The van der Waals surface area contributed by atoms with Crippen LogP contribution in [0.25, 0.3) is 0 Å². The second kappa shape index (κ2) is 11.2. The van der Waals surface area contributed by atoms with Crippen LogP contribution < -0.4 is 10.2 Å². The fraction of sp³-hybridized carbons (Fsp3) is 0.727. The Morgan fingerprint density at radius 1 is 0.519 bits per heavy atom. The van der Waals surface area contributed by atoms with Crippen molar-refractivity contribution >= 4 is 60.4 Å². The van der Waals surface area contributed by atoms with E-state index in [1.165, 1.54) is 12.2 Å². The van der Waals surface area contributed by atoms with Crippen molar-refractivity contribution in [1.29, 1.82) is 0 Å². The van der Waals surface area contributed by atoms with E-state index in [0.717, 1.165) is 0 Å². The average Bonchev–Trinajstić information content (AvgIpc) is 2.34. The summed E-state index contributed by atoms with van der Waals surface area (Å²) in [5.41, 5.74) is -1.83. The summed E-state index contributed by atoms with van der Waals surface area (Å²) in [4.78, 5) is 22.9. The van der Waals surface area contributed by atoms with Gasteiger partial charge in [0.25, 0.3) is 0 Å². The van der Waals surface area contributed by atoms with Gasteiger partial charge in [-0.2, -0.15) is 0 Å². The minimum Gasteiger partial charge on any atom is -0.875 e. The Morgan fingerprint density at radius 2 is 0.704 bits per heavy atom. The van der Waals surface area contributed by atoms with Crippen LogP contribution in [-0.4, -0.2) is 60.4 Å². The molecule has 4 nitrogen and oxygen atoms in total. The van der Waals surface area contributed by atoms with E-state index in [1.54, 1.807) is 0 Å². The molecule has 0 saturated carbocycles. The van der Waals surface area contributed by atoms with Gasteiger partial charge >= 0.3 is 48.9 Å². The standard InChI is InChI=1S/2C11H20O2.Ba/c2*1-10(2,3)8(12)7-9(13)11(4,5)6;/h2*7,12H,1-6H3;/q;;+2/p-2/b8-7+;8-7-;. The van der Waals surface area contributed by atoms with E-state index in [9.17, 15) is 19.8 Å². The number of hydrogen-bond acceptors (Lipinski definition) is 4. The van der Waals surface area contributed by atoms with Crippen LogP contribution in [0.15, 0.2) is 23.7 Å². The van der Waals surface area contributed by atoms with Crippen LogP contribution in [-0.2, 0) is 9.59 Å². The number of allylic oxidation sites excluding steroid dienone is 4. The average molecular weight is 504 g/mol. The summed E-state index contributed by atoms with van der Waals surface area (Å²) in [5, 5.41) is 22.9. The molecule has 152 valence electrons. The molecular weight excluding hydrogens is 466 g/mol. The van der Waals surface area contributed by atoms with E-state index in [1.807, 2.05) is 83.1 Å². The molecule has 0 atom stereocenters. The zero-order valence-corrected chi connectivity index (χ0v) is 23.9. The third kappa shape index (κ3) is 14.6. The second-order valence-electron chi connectivity index (χ2n) is 10.7. The van der Waals surface area contributed by atoms with E-state index in [-0.39, 0.29) is 72.0 Å². The minimum absolute atomic E-state index is 0. The first kappa shape index (κ1) is 31.7. The van der Waals surface area contributed by atoms with Crippen LogP contribution in [0, 0.1) is 21.7 Å². The molecule has 0 radical (unpaired) electrons. The van der Waals surface area contributed by atoms with Gasteiger partial charge in [0.05, 0.1) is 0 Å². The Kier molecular flexibility index (Phi) is 13.2. The number of carbonyl (C=O) groups excluding carboxylic acids is 2. The molecule has 0 aromatic rings. The summed E-state index contributed by atoms with van der Waals surface area (Å²) >= 11 is 0. The molecule has 0 fully saturated rings. The van der Waals surface area contributed by atoms with E-state index in [2.05, 4.69) is 0 Å². The Balaban J connectivity index is -0.000000411. The Labute approximate surface area is 207 Å². The number of hydrogen-bond donors (Lipinski definition) is 0. The van der Waals surface area contributed by atoms with Crippen molar-refractivity contribution < 1.29 is 19.8 Å². The van der Waals surface area contributed by atoms with Gasteiger partial charge in [0.15, 0.2) is 11.6 Å². The summed E-state index contributed by atoms with van der Waals surface area (Å²) in [6.07, 6.45) is 2.44. The molecular formula is C22H38BaO4. The van der Waals surface area contributed by atoms with Crippen LogP contribution in [0.5, 0.6) is 0 Å². The van der Waals surface area contributed by atoms with Gasteiger partial charge in [-0.3, -0.25) is 9.59 Å². The Hall–Kier alpha value is -0.00857. The fourth-order valence-corrected chi connectivity index (χ4v) is 1.10. The van der Waals surface area contributed by atoms with Crippen molar-refractivity contribution in [3.8, 4) is 0 Å². The molecule has 0 rings (SSSR count). The van der Waals surface area contributed by atoms with Gasteiger partial charge in [0.2, 0.25) is 0 Å². The van der Waals surface area contributed by atoms with Crippen LogP contribution >= 0.6 is 0 Å². The van der Waals surface area contributed by atoms with Gasteiger partial charge in [0.1, 0.15) is 0 Å². The third-order valence-electron chi connectivity index (χ3n) is 3.48. The van der Waals surface area contributed by atoms with E-state index < -0.39 is 21.7 Å². The predicted octanol–water partition coefficient (Wildman–Crippen LogP) is 3.40. The van der Waals surface area contributed by atoms with Gasteiger partial charge < -0.3 is 10.2 Å². The molecule has 0 spiro atoms. The Bertz CT molecular complexity index is 505. The molecule has 0 aliphatic rings. The summed E-state index contributed by atoms with van der Waals surface area (Å²) < 4.78 is 0. The summed E-state index contributed by atoms with van der Waals surface area (Å²) in [6.45, 7) is 21.7. The maximum absolute atomic E-state index is 11.4. The summed E-state index contributed by atoms with van der Waals surface area (Å²) in [7, 11) is 0. The molecule has 27 heavy (non-hydrogen) atoms.